The van der Waals surface area contributed by atoms with Crippen LogP contribution in [0.5, 0.6) is 0 Å². The van der Waals surface area contributed by atoms with Crippen molar-refractivity contribution in [1.29, 1.82) is 0 Å². The fourth-order valence-electron chi connectivity index (χ4n) is 2.50. The van der Waals surface area contributed by atoms with Crippen LogP contribution in [-0.4, -0.2) is 62.0 Å². The summed E-state index contributed by atoms with van der Waals surface area (Å²) < 4.78 is 5.61. The number of rotatable bonds is 3. The highest BCUT2D eigenvalue weighted by Crippen LogP contribution is 2.16. The number of carbonyl (C=O) groups excluding carboxylic acids is 1. The zero-order chi connectivity index (χ0) is 15.7. The van der Waals surface area contributed by atoms with E-state index in [4.69, 9.17) is 4.74 Å². The Hall–Kier alpha value is -1.87. The number of thioether (sulfide) groups is 1. The first-order valence-electron chi connectivity index (χ1n) is 7.02. The van der Waals surface area contributed by atoms with E-state index in [1.54, 1.807) is 4.90 Å². The van der Waals surface area contributed by atoms with Gasteiger partial charge in [-0.25, -0.2) is 4.98 Å². The van der Waals surface area contributed by atoms with Gasteiger partial charge in [0.1, 0.15) is 5.39 Å². The Bertz CT molecular complexity index is 733. The van der Waals surface area contributed by atoms with Crippen LogP contribution in [0.2, 0.25) is 0 Å². The molecule has 22 heavy (non-hydrogen) atoms. The van der Waals surface area contributed by atoms with Gasteiger partial charge < -0.3 is 14.6 Å². The number of nitrogens with zero attached hydrogens (tertiary/aromatic N) is 3. The molecule has 1 aliphatic rings. The number of H-pyrrole nitrogens is 2. The molecule has 2 N–H and O–H groups in total. The molecule has 3 rings (SSSR count). The summed E-state index contributed by atoms with van der Waals surface area (Å²) in [5.41, 5.74) is 0.162. The zero-order valence-electron chi connectivity index (χ0n) is 12.3. The summed E-state index contributed by atoms with van der Waals surface area (Å²) in [5.74, 6) is 0.238. The molecule has 2 aromatic heterocycles. The summed E-state index contributed by atoms with van der Waals surface area (Å²) in [4.78, 5) is 32.8. The fraction of sp³-hybridized carbons (Fsp3) is 0.538. The van der Waals surface area contributed by atoms with Crippen LogP contribution in [0.3, 0.4) is 0 Å². The lowest BCUT2D eigenvalue weighted by Crippen LogP contribution is -2.48. The van der Waals surface area contributed by atoms with Crippen LogP contribution in [0, 0.1) is 0 Å². The van der Waals surface area contributed by atoms with Crippen molar-refractivity contribution in [2.45, 2.75) is 31.2 Å². The largest absolute Gasteiger partial charge is 0.372 e. The van der Waals surface area contributed by atoms with Crippen molar-refractivity contribution in [3.05, 3.63) is 16.6 Å². The molecule has 0 radical (unpaired) electrons. The SMILES string of the molecule is C[C@@H]1CN(C(=O)CSc2nc3[nH]ncc3c(=O)[nH]2)C[C@H](C)O1. The molecule has 0 saturated carbocycles. The first kappa shape index (κ1) is 15.0. The predicted molar refractivity (Wildman–Crippen MR) is 81.8 cm³/mol. The standard InChI is InChI=1S/C13H17N5O3S/c1-7-4-18(5-8(2)21-7)10(19)6-22-13-15-11-9(3-14-17-11)12(20)16-13/h3,7-8H,4-6H2,1-2H3,(H2,14,15,16,17,20)/t7-,8+. The fourth-order valence-corrected chi connectivity index (χ4v) is 3.26. The molecule has 0 aliphatic carbocycles. The second-order valence-corrected chi connectivity index (χ2v) is 6.31. The molecule has 3 heterocycles. The third-order valence-corrected chi connectivity index (χ3v) is 4.26. The lowest BCUT2D eigenvalue weighted by molar-refractivity contribution is -0.140. The molecule has 0 spiro atoms. The van der Waals surface area contributed by atoms with Crippen molar-refractivity contribution in [1.82, 2.24) is 25.1 Å². The highest BCUT2D eigenvalue weighted by molar-refractivity contribution is 7.99. The van der Waals surface area contributed by atoms with Crippen LogP contribution in [0.25, 0.3) is 11.0 Å². The average molecular weight is 323 g/mol. The summed E-state index contributed by atoms with van der Waals surface area (Å²) in [6.45, 7) is 5.09. The van der Waals surface area contributed by atoms with E-state index in [0.717, 1.165) is 0 Å². The highest BCUT2D eigenvalue weighted by Gasteiger charge is 2.25. The normalized spacial score (nSPS) is 22.2. The quantitative estimate of drug-likeness (QED) is 0.625. The maximum atomic E-state index is 12.3. The first-order chi connectivity index (χ1) is 10.5. The van der Waals surface area contributed by atoms with Gasteiger partial charge in [0.2, 0.25) is 5.91 Å². The molecule has 1 amide bonds. The second kappa shape index (κ2) is 6.09. The Labute approximate surface area is 130 Å². The number of nitrogens with one attached hydrogen (secondary N) is 2. The van der Waals surface area contributed by atoms with E-state index in [0.29, 0.717) is 29.3 Å². The van der Waals surface area contributed by atoms with Crippen molar-refractivity contribution >= 4 is 28.7 Å². The molecular weight excluding hydrogens is 306 g/mol. The summed E-state index contributed by atoms with van der Waals surface area (Å²) in [7, 11) is 0. The first-order valence-corrected chi connectivity index (χ1v) is 8.01. The Balaban J connectivity index is 1.65. The van der Waals surface area contributed by atoms with E-state index in [9.17, 15) is 9.59 Å². The minimum atomic E-state index is -0.262. The number of hydrogen-bond donors (Lipinski definition) is 2. The minimum Gasteiger partial charge on any atom is -0.372 e. The molecule has 9 heteroatoms. The molecule has 8 nitrogen and oxygen atoms in total. The van der Waals surface area contributed by atoms with Gasteiger partial charge in [-0.1, -0.05) is 11.8 Å². The number of fused-ring (bicyclic) bond motifs is 1. The van der Waals surface area contributed by atoms with Crippen LogP contribution >= 0.6 is 11.8 Å². The Kier molecular flexibility index (Phi) is 4.16. The van der Waals surface area contributed by atoms with Crippen molar-refractivity contribution in [3.63, 3.8) is 0 Å². The minimum absolute atomic E-state index is 0.0133. The number of ether oxygens (including phenoxy) is 1. The molecule has 118 valence electrons. The van der Waals surface area contributed by atoms with Gasteiger partial charge >= 0.3 is 0 Å². The van der Waals surface area contributed by atoms with Crippen LogP contribution in [0.15, 0.2) is 16.1 Å². The molecule has 0 bridgehead atoms. The van der Waals surface area contributed by atoms with E-state index in [1.165, 1.54) is 18.0 Å². The molecule has 1 saturated heterocycles. The molecule has 1 fully saturated rings. The summed E-state index contributed by atoms with van der Waals surface area (Å²) in [6.07, 6.45) is 1.51. The van der Waals surface area contributed by atoms with Crippen molar-refractivity contribution in [2.24, 2.45) is 0 Å². The molecular formula is C13H17N5O3S. The summed E-state index contributed by atoms with van der Waals surface area (Å²) in [6, 6.07) is 0. The number of morpholine rings is 1. The van der Waals surface area contributed by atoms with Gasteiger partial charge in [0.05, 0.1) is 24.2 Å². The predicted octanol–water partition coefficient (Wildman–Crippen LogP) is 0.374. The van der Waals surface area contributed by atoms with Crippen LogP contribution in [0.4, 0.5) is 0 Å². The third kappa shape index (κ3) is 3.14. The zero-order valence-corrected chi connectivity index (χ0v) is 13.1. The Morgan fingerprint density at radius 2 is 2.18 bits per heavy atom. The molecule has 1 aliphatic heterocycles. The van der Waals surface area contributed by atoms with E-state index >= 15 is 0 Å². The smallest absolute Gasteiger partial charge is 0.262 e. The average Bonchev–Trinajstić information content (AvgIpc) is 2.92. The highest BCUT2D eigenvalue weighted by atomic mass is 32.2. The monoisotopic (exact) mass is 323 g/mol. The van der Waals surface area contributed by atoms with Crippen LogP contribution < -0.4 is 5.56 Å². The second-order valence-electron chi connectivity index (χ2n) is 5.35. The summed E-state index contributed by atoms with van der Waals surface area (Å²) in [5, 5.41) is 7.26. The van der Waals surface area contributed by atoms with Crippen LogP contribution in [-0.2, 0) is 9.53 Å². The number of aromatic nitrogens is 4. The van der Waals surface area contributed by atoms with Crippen LogP contribution in [0.1, 0.15) is 13.8 Å². The van der Waals surface area contributed by atoms with Gasteiger partial charge in [-0.2, -0.15) is 5.10 Å². The lowest BCUT2D eigenvalue weighted by atomic mass is 10.2. The third-order valence-electron chi connectivity index (χ3n) is 3.40. The van der Waals surface area contributed by atoms with E-state index in [2.05, 4.69) is 20.2 Å². The number of carbonyl (C=O) groups is 1. The summed E-state index contributed by atoms with van der Waals surface area (Å²) >= 11 is 1.21. The topological polar surface area (TPSA) is 104 Å². The van der Waals surface area contributed by atoms with Crippen molar-refractivity contribution < 1.29 is 9.53 Å². The van der Waals surface area contributed by atoms with Gasteiger partial charge in [-0.05, 0) is 13.8 Å². The van der Waals surface area contributed by atoms with E-state index in [-0.39, 0.29) is 29.4 Å². The van der Waals surface area contributed by atoms with Crippen molar-refractivity contribution in [2.75, 3.05) is 18.8 Å². The molecule has 2 aromatic rings. The Morgan fingerprint density at radius 3 is 2.91 bits per heavy atom. The maximum absolute atomic E-state index is 12.3. The Morgan fingerprint density at radius 1 is 1.45 bits per heavy atom. The lowest BCUT2D eigenvalue weighted by Gasteiger charge is -2.35. The maximum Gasteiger partial charge on any atom is 0.262 e. The molecule has 2 atom stereocenters. The number of amides is 1. The van der Waals surface area contributed by atoms with E-state index in [1.807, 2.05) is 13.8 Å². The van der Waals surface area contributed by atoms with Gasteiger partial charge in [0.25, 0.3) is 5.56 Å². The van der Waals surface area contributed by atoms with Gasteiger partial charge in [0, 0.05) is 13.1 Å². The van der Waals surface area contributed by atoms with Gasteiger partial charge in [0.15, 0.2) is 10.8 Å². The van der Waals surface area contributed by atoms with Gasteiger partial charge in [-0.15, -0.1) is 0 Å². The number of hydrogen-bond acceptors (Lipinski definition) is 6. The van der Waals surface area contributed by atoms with Crippen molar-refractivity contribution in [3.8, 4) is 0 Å². The molecule has 0 aromatic carbocycles. The number of aromatic amines is 2. The molecule has 0 unspecified atom stereocenters. The van der Waals surface area contributed by atoms with E-state index < -0.39 is 0 Å². The van der Waals surface area contributed by atoms with Gasteiger partial charge in [-0.3, -0.25) is 14.7 Å².